The number of aliphatic hydroxyl groups excluding tert-OH is 1. The van der Waals surface area contributed by atoms with Crippen LogP contribution >= 0.6 is 0 Å². The topological polar surface area (TPSA) is 29.5 Å². The number of benzene rings is 1. The molecule has 1 aliphatic rings. The van der Waals surface area contributed by atoms with E-state index in [9.17, 15) is 0 Å². The van der Waals surface area contributed by atoms with Gasteiger partial charge in [-0.2, -0.15) is 0 Å². The monoisotopic (exact) mass is 230 g/mol. The summed E-state index contributed by atoms with van der Waals surface area (Å²) in [5, 5.41) is 8.73. The van der Waals surface area contributed by atoms with Crippen molar-refractivity contribution >= 4 is 0 Å². The van der Waals surface area contributed by atoms with Gasteiger partial charge in [0.2, 0.25) is 0 Å². The molecule has 17 heavy (non-hydrogen) atoms. The Bertz CT molecular complexity index is 408. The summed E-state index contributed by atoms with van der Waals surface area (Å²) in [6.07, 6.45) is 6.46. The minimum atomic E-state index is -0.113. The highest BCUT2D eigenvalue weighted by atomic mass is 16.5. The summed E-state index contributed by atoms with van der Waals surface area (Å²) in [6.45, 7) is -0.113. The molecule has 1 aromatic rings. The van der Waals surface area contributed by atoms with Crippen molar-refractivity contribution in [2.75, 3.05) is 6.61 Å². The van der Waals surface area contributed by atoms with Gasteiger partial charge in [0, 0.05) is 0 Å². The number of ether oxygens (including phenoxy) is 1. The van der Waals surface area contributed by atoms with Gasteiger partial charge in [-0.15, -0.1) is 0 Å². The SMILES string of the molecule is OCC#Cc1ccccc1OC1CCCCC1. The number of hydrogen-bond acceptors (Lipinski definition) is 2. The van der Waals surface area contributed by atoms with E-state index in [0.717, 1.165) is 24.2 Å². The van der Waals surface area contributed by atoms with Crippen LogP contribution in [-0.2, 0) is 0 Å². The maximum atomic E-state index is 8.73. The Morgan fingerprint density at radius 3 is 2.71 bits per heavy atom. The van der Waals surface area contributed by atoms with Crippen LogP contribution in [0.25, 0.3) is 0 Å². The van der Waals surface area contributed by atoms with Crippen molar-refractivity contribution in [3.8, 4) is 17.6 Å². The third-order valence-electron chi connectivity index (χ3n) is 3.04. The average molecular weight is 230 g/mol. The standard InChI is InChI=1S/C15H18O2/c16-12-6-8-13-7-4-5-11-15(13)17-14-9-2-1-3-10-14/h4-5,7,11,14,16H,1-3,9-10,12H2. The fraction of sp³-hybridized carbons (Fsp3) is 0.467. The van der Waals surface area contributed by atoms with Crippen LogP contribution in [0.4, 0.5) is 0 Å². The highest BCUT2D eigenvalue weighted by Crippen LogP contribution is 2.25. The smallest absolute Gasteiger partial charge is 0.135 e. The number of hydrogen-bond donors (Lipinski definition) is 1. The van der Waals surface area contributed by atoms with E-state index >= 15 is 0 Å². The van der Waals surface area contributed by atoms with Crippen LogP contribution in [0.15, 0.2) is 24.3 Å². The first kappa shape index (κ1) is 12.0. The normalized spacial score (nSPS) is 16.1. The Hall–Kier alpha value is -1.46. The molecule has 0 amide bonds. The highest BCUT2D eigenvalue weighted by molar-refractivity contribution is 5.46. The molecule has 1 N–H and O–H groups in total. The highest BCUT2D eigenvalue weighted by Gasteiger charge is 2.15. The van der Waals surface area contributed by atoms with Crippen molar-refractivity contribution in [2.24, 2.45) is 0 Å². The predicted molar refractivity (Wildman–Crippen MR) is 67.9 cm³/mol. The summed E-state index contributed by atoms with van der Waals surface area (Å²) in [7, 11) is 0. The molecule has 2 nitrogen and oxygen atoms in total. The maximum Gasteiger partial charge on any atom is 0.135 e. The summed E-state index contributed by atoms with van der Waals surface area (Å²) in [4.78, 5) is 0. The van der Waals surface area contributed by atoms with Crippen LogP contribution in [0.2, 0.25) is 0 Å². The van der Waals surface area contributed by atoms with Crippen LogP contribution in [0.1, 0.15) is 37.7 Å². The Morgan fingerprint density at radius 2 is 1.94 bits per heavy atom. The lowest BCUT2D eigenvalue weighted by atomic mass is 9.98. The van der Waals surface area contributed by atoms with Gasteiger partial charge in [-0.3, -0.25) is 0 Å². The van der Waals surface area contributed by atoms with E-state index < -0.39 is 0 Å². The van der Waals surface area contributed by atoms with E-state index in [1.165, 1.54) is 19.3 Å². The zero-order valence-corrected chi connectivity index (χ0v) is 9.98. The molecule has 0 aromatic heterocycles. The molecule has 1 aliphatic carbocycles. The van der Waals surface area contributed by atoms with Crippen LogP contribution < -0.4 is 4.74 Å². The van der Waals surface area contributed by atoms with Gasteiger partial charge in [0.15, 0.2) is 0 Å². The second kappa shape index (κ2) is 6.32. The number of para-hydroxylation sites is 1. The van der Waals surface area contributed by atoms with Crippen molar-refractivity contribution in [3.63, 3.8) is 0 Å². The van der Waals surface area contributed by atoms with Gasteiger partial charge in [0.25, 0.3) is 0 Å². The quantitative estimate of drug-likeness (QED) is 0.792. The third-order valence-corrected chi connectivity index (χ3v) is 3.04. The maximum absolute atomic E-state index is 8.73. The van der Waals surface area contributed by atoms with Crippen molar-refractivity contribution in [3.05, 3.63) is 29.8 Å². The van der Waals surface area contributed by atoms with E-state index in [0.29, 0.717) is 6.10 Å². The molecular formula is C15H18O2. The van der Waals surface area contributed by atoms with E-state index in [4.69, 9.17) is 9.84 Å². The molecule has 0 aliphatic heterocycles. The summed E-state index contributed by atoms with van der Waals surface area (Å²) >= 11 is 0. The molecule has 0 heterocycles. The molecule has 0 spiro atoms. The van der Waals surface area contributed by atoms with Crippen molar-refractivity contribution in [1.29, 1.82) is 0 Å². The summed E-state index contributed by atoms with van der Waals surface area (Å²) in [5.41, 5.74) is 0.868. The second-order valence-corrected chi connectivity index (χ2v) is 4.33. The Kier molecular flexibility index (Phi) is 4.46. The molecular weight excluding hydrogens is 212 g/mol. The van der Waals surface area contributed by atoms with Crippen molar-refractivity contribution in [1.82, 2.24) is 0 Å². The minimum Gasteiger partial charge on any atom is -0.489 e. The van der Waals surface area contributed by atoms with Gasteiger partial charge in [0.1, 0.15) is 12.4 Å². The van der Waals surface area contributed by atoms with Gasteiger partial charge in [-0.1, -0.05) is 30.4 Å². The van der Waals surface area contributed by atoms with E-state index in [1.54, 1.807) is 0 Å². The number of rotatable bonds is 2. The predicted octanol–water partition coefficient (Wildman–Crippen LogP) is 2.74. The van der Waals surface area contributed by atoms with E-state index in [1.807, 2.05) is 24.3 Å². The minimum absolute atomic E-state index is 0.113. The van der Waals surface area contributed by atoms with E-state index in [2.05, 4.69) is 11.8 Å². The largest absolute Gasteiger partial charge is 0.489 e. The van der Waals surface area contributed by atoms with Gasteiger partial charge in [-0.25, -0.2) is 0 Å². The van der Waals surface area contributed by atoms with Crippen LogP contribution in [-0.4, -0.2) is 17.8 Å². The molecule has 0 unspecified atom stereocenters. The molecule has 1 aromatic carbocycles. The number of aliphatic hydroxyl groups is 1. The summed E-state index contributed by atoms with van der Waals surface area (Å²) in [5.74, 6) is 6.44. The van der Waals surface area contributed by atoms with Gasteiger partial charge in [-0.05, 0) is 37.8 Å². The lowest BCUT2D eigenvalue weighted by molar-refractivity contribution is 0.154. The van der Waals surface area contributed by atoms with Crippen LogP contribution in [0.3, 0.4) is 0 Å². The Labute approximate surface area is 103 Å². The summed E-state index contributed by atoms with van der Waals surface area (Å²) < 4.78 is 6.00. The molecule has 0 radical (unpaired) electrons. The Morgan fingerprint density at radius 1 is 1.18 bits per heavy atom. The first-order valence-corrected chi connectivity index (χ1v) is 6.25. The second-order valence-electron chi connectivity index (χ2n) is 4.33. The summed E-state index contributed by atoms with van der Waals surface area (Å²) in [6, 6.07) is 7.79. The first-order chi connectivity index (χ1) is 8.40. The zero-order chi connectivity index (χ0) is 11.9. The molecule has 2 rings (SSSR count). The molecule has 1 fully saturated rings. The van der Waals surface area contributed by atoms with Gasteiger partial charge >= 0.3 is 0 Å². The molecule has 1 saturated carbocycles. The average Bonchev–Trinajstić information content (AvgIpc) is 2.39. The lowest BCUT2D eigenvalue weighted by Crippen LogP contribution is -2.20. The van der Waals surface area contributed by atoms with Gasteiger partial charge in [0.05, 0.1) is 11.7 Å². The molecule has 2 heteroatoms. The molecule has 0 saturated heterocycles. The third kappa shape index (κ3) is 3.51. The lowest BCUT2D eigenvalue weighted by Gasteiger charge is -2.23. The Balaban J connectivity index is 2.08. The first-order valence-electron chi connectivity index (χ1n) is 6.25. The zero-order valence-electron chi connectivity index (χ0n) is 9.98. The molecule has 90 valence electrons. The molecule has 0 bridgehead atoms. The van der Waals surface area contributed by atoms with E-state index in [-0.39, 0.29) is 6.61 Å². The van der Waals surface area contributed by atoms with Crippen LogP contribution in [0, 0.1) is 11.8 Å². The fourth-order valence-corrected chi connectivity index (χ4v) is 2.17. The van der Waals surface area contributed by atoms with Crippen molar-refractivity contribution < 1.29 is 9.84 Å². The van der Waals surface area contributed by atoms with Crippen LogP contribution in [0.5, 0.6) is 5.75 Å². The van der Waals surface area contributed by atoms with Gasteiger partial charge < -0.3 is 9.84 Å². The fourth-order valence-electron chi connectivity index (χ4n) is 2.17. The van der Waals surface area contributed by atoms with Crippen molar-refractivity contribution in [2.45, 2.75) is 38.2 Å². The molecule has 0 atom stereocenters.